The highest BCUT2D eigenvalue weighted by molar-refractivity contribution is 5.67. The van der Waals surface area contributed by atoms with Gasteiger partial charge in [0.2, 0.25) is 0 Å². The summed E-state index contributed by atoms with van der Waals surface area (Å²) in [6.45, 7) is 2.33. The van der Waals surface area contributed by atoms with Crippen LogP contribution in [-0.2, 0) is 4.74 Å². The van der Waals surface area contributed by atoms with Crippen LogP contribution in [0, 0.1) is 6.92 Å². The fraction of sp³-hybridized carbons (Fsp3) is 0.188. The molecule has 20 heavy (non-hydrogen) atoms. The Morgan fingerprint density at radius 1 is 1.20 bits per heavy atom. The first-order valence-electron chi connectivity index (χ1n) is 6.44. The van der Waals surface area contributed by atoms with Gasteiger partial charge in [-0.3, -0.25) is 4.40 Å². The van der Waals surface area contributed by atoms with Crippen LogP contribution in [0.15, 0.2) is 48.8 Å². The van der Waals surface area contributed by atoms with Crippen LogP contribution >= 0.6 is 0 Å². The van der Waals surface area contributed by atoms with Crippen LogP contribution in [0.2, 0.25) is 0 Å². The number of nitrogens with zero attached hydrogens (tertiary/aromatic N) is 2. The molecule has 0 saturated heterocycles. The van der Waals surface area contributed by atoms with Gasteiger partial charge >= 0.3 is 0 Å². The molecule has 4 heteroatoms. The van der Waals surface area contributed by atoms with Crippen LogP contribution in [0.4, 0.5) is 0 Å². The molecule has 0 radical (unpaired) electrons. The average molecular weight is 268 g/mol. The lowest BCUT2D eigenvalue weighted by atomic mass is 10.0. The minimum absolute atomic E-state index is 0.260. The minimum atomic E-state index is 0.260. The molecule has 2 heterocycles. The zero-order chi connectivity index (χ0) is 13.9. The van der Waals surface area contributed by atoms with Crippen molar-refractivity contribution < 1.29 is 9.47 Å². The number of hydrogen-bond acceptors (Lipinski definition) is 3. The van der Waals surface area contributed by atoms with Gasteiger partial charge in [-0.25, -0.2) is 4.98 Å². The number of aryl methyl sites for hydroxylation is 1. The van der Waals surface area contributed by atoms with Gasteiger partial charge in [0, 0.05) is 25.1 Å². The van der Waals surface area contributed by atoms with E-state index in [1.807, 2.05) is 36.7 Å². The number of ether oxygens (including phenoxy) is 2. The zero-order valence-electron chi connectivity index (χ0n) is 11.5. The van der Waals surface area contributed by atoms with E-state index in [9.17, 15) is 0 Å². The summed E-state index contributed by atoms with van der Waals surface area (Å²) in [6.07, 6.45) is 3.78. The van der Waals surface area contributed by atoms with Gasteiger partial charge in [-0.15, -0.1) is 0 Å². The number of fused-ring (bicyclic) bond motifs is 1. The molecule has 0 amide bonds. The summed E-state index contributed by atoms with van der Waals surface area (Å²) in [4.78, 5) is 4.31. The first kappa shape index (κ1) is 12.7. The number of benzene rings is 1. The molecule has 2 aromatic heterocycles. The maximum Gasteiger partial charge on any atom is 0.188 e. The molecule has 0 bridgehead atoms. The molecule has 0 N–H and O–H groups in total. The van der Waals surface area contributed by atoms with E-state index in [0.29, 0.717) is 0 Å². The molecule has 102 valence electrons. The predicted octanol–water partition coefficient (Wildman–Crippen LogP) is 3.29. The molecule has 0 spiro atoms. The topological polar surface area (TPSA) is 35.8 Å². The van der Waals surface area contributed by atoms with E-state index in [0.717, 1.165) is 22.7 Å². The molecular weight excluding hydrogens is 252 g/mol. The number of imidazole rings is 1. The molecule has 1 aromatic carbocycles. The highest BCUT2D eigenvalue weighted by Gasteiger charge is 2.07. The van der Waals surface area contributed by atoms with E-state index >= 15 is 0 Å². The molecule has 0 aliphatic heterocycles. The van der Waals surface area contributed by atoms with E-state index in [1.165, 1.54) is 5.56 Å². The van der Waals surface area contributed by atoms with Crippen molar-refractivity contribution in [2.75, 3.05) is 13.9 Å². The van der Waals surface area contributed by atoms with Gasteiger partial charge in [-0.2, -0.15) is 0 Å². The molecule has 0 unspecified atom stereocenters. The summed E-state index contributed by atoms with van der Waals surface area (Å²) < 4.78 is 12.5. The Hall–Kier alpha value is -2.33. The molecule has 0 atom stereocenters. The quantitative estimate of drug-likeness (QED) is 0.681. The third kappa shape index (κ3) is 2.26. The second-order valence-corrected chi connectivity index (χ2v) is 4.59. The van der Waals surface area contributed by atoms with E-state index in [4.69, 9.17) is 9.47 Å². The zero-order valence-corrected chi connectivity index (χ0v) is 11.5. The fourth-order valence-electron chi connectivity index (χ4n) is 2.31. The van der Waals surface area contributed by atoms with Crippen molar-refractivity contribution in [1.29, 1.82) is 0 Å². The first-order chi connectivity index (χ1) is 9.79. The number of rotatable bonds is 4. The monoisotopic (exact) mass is 268 g/mol. The molecule has 0 saturated carbocycles. The average Bonchev–Trinajstić information content (AvgIpc) is 2.94. The van der Waals surface area contributed by atoms with Crippen molar-refractivity contribution in [2.24, 2.45) is 0 Å². The SMILES string of the molecule is COCOc1ccc(-c2cccc3nccn23)c(C)c1. The van der Waals surface area contributed by atoms with Gasteiger partial charge in [0.1, 0.15) is 11.4 Å². The van der Waals surface area contributed by atoms with Gasteiger partial charge < -0.3 is 9.47 Å². The second-order valence-electron chi connectivity index (χ2n) is 4.59. The molecule has 0 fully saturated rings. The maximum absolute atomic E-state index is 5.46. The lowest BCUT2D eigenvalue weighted by Gasteiger charge is -2.11. The highest BCUT2D eigenvalue weighted by Crippen LogP contribution is 2.27. The number of hydrogen-bond donors (Lipinski definition) is 0. The highest BCUT2D eigenvalue weighted by atomic mass is 16.7. The van der Waals surface area contributed by atoms with E-state index in [1.54, 1.807) is 7.11 Å². The summed E-state index contributed by atoms with van der Waals surface area (Å²) >= 11 is 0. The Morgan fingerprint density at radius 2 is 2.10 bits per heavy atom. The van der Waals surface area contributed by atoms with Crippen molar-refractivity contribution in [1.82, 2.24) is 9.38 Å². The van der Waals surface area contributed by atoms with Crippen LogP contribution in [0.3, 0.4) is 0 Å². The van der Waals surface area contributed by atoms with Crippen LogP contribution in [0.25, 0.3) is 16.9 Å². The van der Waals surface area contributed by atoms with Crippen LogP contribution in [-0.4, -0.2) is 23.3 Å². The summed E-state index contributed by atoms with van der Waals surface area (Å²) in [5.74, 6) is 0.811. The van der Waals surface area contributed by atoms with Crippen LogP contribution in [0.5, 0.6) is 5.75 Å². The Morgan fingerprint density at radius 3 is 2.90 bits per heavy atom. The molecule has 3 rings (SSSR count). The van der Waals surface area contributed by atoms with E-state index in [-0.39, 0.29) is 6.79 Å². The Kier molecular flexibility index (Phi) is 3.39. The number of pyridine rings is 1. The second kappa shape index (κ2) is 5.35. The smallest absolute Gasteiger partial charge is 0.188 e. The Balaban J connectivity index is 2.04. The summed E-state index contributed by atoms with van der Waals surface area (Å²) in [7, 11) is 1.61. The van der Waals surface area contributed by atoms with Gasteiger partial charge in [-0.1, -0.05) is 6.07 Å². The third-order valence-corrected chi connectivity index (χ3v) is 3.25. The standard InChI is InChI=1S/C16H16N2O2/c1-12-10-13(20-11-19-2)6-7-14(12)15-4-3-5-16-17-8-9-18(15)16/h3-10H,11H2,1-2H3. The van der Waals surface area contributed by atoms with Crippen LogP contribution in [0.1, 0.15) is 5.56 Å². The molecule has 3 aromatic rings. The molecule has 0 aliphatic rings. The summed E-state index contributed by atoms with van der Waals surface area (Å²) in [5, 5.41) is 0. The maximum atomic E-state index is 5.46. The van der Waals surface area contributed by atoms with Crippen molar-refractivity contribution in [3.05, 3.63) is 54.4 Å². The van der Waals surface area contributed by atoms with Gasteiger partial charge in [0.15, 0.2) is 6.79 Å². The molecule has 4 nitrogen and oxygen atoms in total. The number of aromatic nitrogens is 2. The van der Waals surface area contributed by atoms with E-state index in [2.05, 4.69) is 28.4 Å². The summed E-state index contributed by atoms with van der Waals surface area (Å²) in [5.41, 5.74) is 4.38. The lowest BCUT2D eigenvalue weighted by molar-refractivity contribution is 0.0511. The third-order valence-electron chi connectivity index (χ3n) is 3.25. The van der Waals surface area contributed by atoms with Crippen molar-refractivity contribution in [3.63, 3.8) is 0 Å². The largest absolute Gasteiger partial charge is 0.468 e. The van der Waals surface area contributed by atoms with Crippen molar-refractivity contribution in [3.8, 4) is 17.0 Å². The normalized spacial score (nSPS) is 10.9. The Bertz CT molecular complexity index is 734. The van der Waals surface area contributed by atoms with Crippen LogP contribution < -0.4 is 4.74 Å². The van der Waals surface area contributed by atoms with Crippen molar-refractivity contribution in [2.45, 2.75) is 6.92 Å². The van der Waals surface area contributed by atoms with Gasteiger partial charge in [-0.05, 0) is 42.8 Å². The van der Waals surface area contributed by atoms with Crippen molar-refractivity contribution >= 4 is 5.65 Å². The predicted molar refractivity (Wildman–Crippen MR) is 77.9 cm³/mol. The first-order valence-corrected chi connectivity index (χ1v) is 6.44. The van der Waals surface area contributed by atoms with Gasteiger partial charge in [0.05, 0.1) is 5.69 Å². The molecule has 0 aliphatic carbocycles. The van der Waals surface area contributed by atoms with E-state index < -0.39 is 0 Å². The fourth-order valence-corrected chi connectivity index (χ4v) is 2.31. The number of methoxy groups -OCH3 is 1. The lowest BCUT2D eigenvalue weighted by Crippen LogP contribution is -1.99. The summed E-state index contributed by atoms with van der Waals surface area (Å²) in [6, 6.07) is 12.1. The minimum Gasteiger partial charge on any atom is -0.468 e. The Labute approximate surface area is 117 Å². The van der Waals surface area contributed by atoms with Gasteiger partial charge in [0.25, 0.3) is 0 Å². The molecular formula is C16H16N2O2.